The second-order valence-electron chi connectivity index (χ2n) is 5.58. The Kier molecular flexibility index (Phi) is 4.39. The summed E-state index contributed by atoms with van der Waals surface area (Å²) in [5, 5.41) is 1.83. The third kappa shape index (κ3) is 3.67. The summed E-state index contributed by atoms with van der Waals surface area (Å²) in [5.41, 5.74) is 6.04. The maximum Gasteiger partial charge on any atom is 0.00645 e. The zero-order chi connectivity index (χ0) is 10.7. The Bertz CT molecular complexity index is 175. The molecule has 2 N–H and O–H groups in total. The number of hydrogen-bond acceptors (Lipinski definition) is 2. The minimum atomic E-state index is 0.497. The van der Waals surface area contributed by atoms with Gasteiger partial charge in [-0.2, -0.15) is 11.8 Å². The molecule has 0 amide bonds. The average Bonchev–Trinajstić information content (AvgIpc) is 2.17. The van der Waals surface area contributed by atoms with Crippen molar-refractivity contribution in [2.75, 3.05) is 0 Å². The van der Waals surface area contributed by atoms with Crippen molar-refractivity contribution in [3.05, 3.63) is 0 Å². The Morgan fingerprint density at radius 2 is 1.60 bits per heavy atom. The molecule has 0 spiro atoms. The van der Waals surface area contributed by atoms with Crippen molar-refractivity contribution >= 4 is 11.8 Å². The van der Waals surface area contributed by atoms with Crippen LogP contribution in [0.25, 0.3) is 0 Å². The van der Waals surface area contributed by atoms with Gasteiger partial charge in [-0.05, 0) is 38.0 Å². The lowest BCUT2D eigenvalue weighted by molar-refractivity contribution is 0.390. The van der Waals surface area contributed by atoms with Gasteiger partial charge in [0.1, 0.15) is 0 Å². The Labute approximate surface area is 98.6 Å². The summed E-state index contributed by atoms with van der Waals surface area (Å²) >= 11 is 2.27. The van der Waals surface area contributed by atoms with Gasteiger partial charge >= 0.3 is 0 Å². The molecule has 0 aromatic rings. The normalized spacial score (nSPS) is 42.8. The Morgan fingerprint density at radius 3 is 2.27 bits per heavy atom. The van der Waals surface area contributed by atoms with E-state index in [9.17, 15) is 0 Å². The molecule has 88 valence electrons. The number of nitrogens with two attached hydrogens (primary N) is 1. The second kappa shape index (κ2) is 5.58. The first-order valence-corrected chi connectivity index (χ1v) is 7.59. The molecule has 4 unspecified atom stereocenters. The van der Waals surface area contributed by atoms with Crippen LogP contribution in [-0.2, 0) is 0 Å². The van der Waals surface area contributed by atoms with E-state index in [0.717, 1.165) is 16.4 Å². The Hall–Kier alpha value is 0.310. The van der Waals surface area contributed by atoms with Crippen LogP contribution in [0.2, 0.25) is 0 Å². The van der Waals surface area contributed by atoms with E-state index in [-0.39, 0.29) is 0 Å². The van der Waals surface area contributed by atoms with Gasteiger partial charge in [-0.25, -0.2) is 0 Å². The molecular formula is C13H25NS. The van der Waals surface area contributed by atoms with Crippen LogP contribution >= 0.6 is 11.8 Å². The van der Waals surface area contributed by atoms with Gasteiger partial charge in [0.05, 0.1) is 0 Å². The standard InChI is InChI=1S/C13H25NS/c1-10-4-2-6-12(8-10)15-13-7-3-5-11(14)9-13/h10-13H,2-9,14H2,1H3. The summed E-state index contributed by atoms with van der Waals surface area (Å²) in [6, 6.07) is 0.497. The maximum absolute atomic E-state index is 6.04. The quantitative estimate of drug-likeness (QED) is 0.780. The molecular weight excluding hydrogens is 202 g/mol. The fourth-order valence-corrected chi connectivity index (χ4v) is 5.03. The van der Waals surface area contributed by atoms with Crippen LogP contribution in [0.1, 0.15) is 58.3 Å². The molecule has 0 radical (unpaired) electrons. The number of rotatable bonds is 2. The van der Waals surface area contributed by atoms with Crippen LogP contribution in [-0.4, -0.2) is 16.5 Å². The van der Waals surface area contributed by atoms with E-state index in [1.165, 1.54) is 51.4 Å². The van der Waals surface area contributed by atoms with Crippen LogP contribution in [0.3, 0.4) is 0 Å². The summed E-state index contributed by atoms with van der Waals surface area (Å²) in [4.78, 5) is 0. The third-order valence-corrected chi connectivity index (χ3v) is 5.57. The highest BCUT2D eigenvalue weighted by Crippen LogP contribution is 2.38. The van der Waals surface area contributed by atoms with Crippen molar-refractivity contribution < 1.29 is 0 Å². The van der Waals surface area contributed by atoms with Gasteiger partial charge in [0.25, 0.3) is 0 Å². The van der Waals surface area contributed by atoms with Gasteiger partial charge in [-0.15, -0.1) is 0 Å². The molecule has 0 aromatic carbocycles. The summed E-state index contributed by atoms with van der Waals surface area (Å²) in [5.74, 6) is 0.966. The SMILES string of the molecule is CC1CCCC(SC2CCCC(N)C2)C1. The molecule has 2 aliphatic carbocycles. The van der Waals surface area contributed by atoms with Crippen molar-refractivity contribution in [1.29, 1.82) is 0 Å². The molecule has 4 atom stereocenters. The fraction of sp³-hybridized carbons (Fsp3) is 1.00. The summed E-state index contributed by atoms with van der Waals surface area (Å²) in [7, 11) is 0. The monoisotopic (exact) mass is 227 g/mol. The smallest absolute Gasteiger partial charge is 0.00645 e. The van der Waals surface area contributed by atoms with Crippen molar-refractivity contribution in [3.63, 3.8) is 0 Å². The van der Waals surface area contributed by atoms with Crippen LogP contribution < -0.4 is 5.73 Å². The lowest BCUT2D eigenvalue weighted by atomic mass is 9.90. The van der Waals surface area contributed by atoms with Crippen LogP contribution in [0.15, 0.2) is 0 Å². The van der Waals surface area contributed by atoms with E-state index in [1.54, 1.807) is 0 Å². The molecule has 0 heterocycles. The molecule has 2 rings (SSSR count). The first-order chi connectivity index (χ1) is 7.24. The molecule has 0 bridgehead atoms. The highest BCUT2D eigenvalue weighted by Gasteiger charge is 2.25. The summed E-state index contributed by atoms with van der Waals surface area (Å²) < 4.78 is 0. The first-order valence-electron chi connectivity index (χ1n) is 6.65. The summed E-state index contributed by atoms with van der Waals surface area (Å²) in [6.07, 6.45) is 11.1. The first kappa shape index (κ1) is 11.8. The van der Waals surface area contributed by atoms with Crippen LogP contribution in [0, 0.1) is 5.92 Å². The molecule has 1 nitrogen and oxygen atoms in total. The minimum absolute atomic E-state index is 0.497. The predicted molar refractivity (Wildman–Crippen MR) is 69.2 cm³/mol. The van der Waals surface area contributed by atoms with Gasteiger partial charge in [-0.3, -0.25) is 0 Å². The molecule has 0 aromatic heterocycles. The van der Waals surface area contributed by atoms with Gasteiger partial charge in [0.2, 0.25) is 0 Å². The fourth-order valence-electron chi connectivity index (χ4n) is 3.08. The average molecular weight is 227 g/mol. The number of hydrogen-bond donors (Lipinski definition) is 1. The summed E-state index contributed by atoms with van der Waals surface area (Å²) in [6.45, 7) is 2.42. The van der Waals surface area contributed by atoms with E-state index in [0.29, 0.717) is 6.04 Å². The lowest BCUT2D eigenvalue weighted by Gasteiger charge is -2.32. The van der Waals surface area contributed by atoms with Gasteiger partial charge < -0.3 is 5.73 Å². The highest BCUT2D eigenvalue weighted by molar-refractivity contribution is 8.00. The maximum atomic E-state index is 6.04. The van der Waals surface area contributed by atoms with Crippen molar-refractivity contribution in [2.45, 2.75) is 74.8 Å². The second-order valence-corrected chi connectivity index (χ2v) is 7.18. The third-order valence-electron chi connectivity index (χ3n) is 3.94. The zero-order valence-electron chi connectivity index (χ0n) is 9.95. The largest absolute Gasteiger partial charge is 0.328 e. The lowest BCUT2D eigenvalue weighted by Crippen LogP contribution is -2.30. The topological polar surface area (TPSA) is 26.0 Å². The Balaban J connectivity index is 1.75. The van der Waals surface area contributed by atoms with E-state index in [1.807, 2.05) is 0 Å². The van der Waals surface area contributed by atoms with E-state index in [4.69, 9.17) is 5.73 Å². The van der Waals surface area contributed by atoms with Gasteiger partial charge in [0, 0.05) is 16.5 Å². The molecule has 0 saturated heterocycles. The predicted octanol–water partition coefficient (Wildman–Crippen LogP) is 3.57. The van der Waals surface area contributed by atoms with Gasteiger partial charge in [0.15, 0.2) is 0 Å². The zero-order valence-corrected chi connectivity index (χ0v) is 10.8. The van der Waals surface area contributed by atoms with E-state index < -0.39 is 0 Å². The van der Waals surface area contributed by atoms with Crippen LogP contribution in [0.4, 0.5) is 0 Å². The number of thioether (sulfide) groups is 1. The van der Waals surface area contributed by atoms with Crippen molar-refractivity contribution in [1.82, 2.24) is 0 Å². The minimum Gasteiger partial charge on any atom is -0.328 e. The van der Waals surface area contributed by atoms with Crippen LogP contribution in [0.5, 0.6) is 0 Å². The molecule has 0 aliphatic heterocycles. The molecule has 2 saturated carbocycles. The molecule has 2 heteroatoms. The molecule has 2 fully saturated rings. The van der Waals surface area contributed by atoms with Crippen molar-refractivity contribution in [3.8, 4) is 0 Å². The van der Waals surface area contributed by atoms with Gasteiger partial charge in [-0.1, -0.05) is 26.2 Å². The van der Waals surface area contributed by atoms with E-state index in [2.05, 4.69) is 18.7 Å². The molecule has 2 aliphatic rings. The van der Waals surface area contributed by atoms with Crippen molar-refractivity contribution in [2.24, 2.45) is 11.7 Å². The Morgan fingerprint density at radius 1 is 0.933 bits per heavy atom. The van der Waals surface area contributed by atoms with E-state index >= 15 is 0 Å². The molecule has 15 heavy (non-hydrogen) atoms. The highest BCUT2D eigenvalue weighted by atomic mass is 32.2.